The van der Waals surface area contributed by atoms with Crippen molar-refractivity contribution >= 4 is 5.96 Å². The normalized spacial score (nSPS) is 21.4. The summed E-state index contributed by atoms with van der Waals surface area (Å²) < 4.78 is 5.25. The number of aliphatic imine (C=N–C) groups is 1. The minimum atomic E-state index is 0.263. The van der Waals surface area contributed by atoms with Crippen LogP contribution in [0.4, 0.5) is 0 Å². The van der Waals surface area contributed by atoms with Crippen LogP contribution in [-0.2, 0) is 6.54 Å². The molecule has 2 heterocycles. The van der Waals surface area contributed by atoms with Crippen LogP contribution < -0.4 is 10.1 Å². The van der Waals surface area contributed by atoms with Crippen LogP contribution in [-0.4, -0.2) is 67.2 Å². The van der Waals surface area contributed by atoms with E-state index in [2.05, 4.69) is 22.0 Å². The van der Waals surface area contributed by atoms with E-state index < -0.39 is 0 Å². The number of nitrogens with one attached hydrogen (secondary N) is 1. The van der Waals surface area contributed by atoms with Crippen molar-refractivity contribution in [3.8, 4) is 11.5 Å². The monoisotopic (exact) mass is 360 g/mol. The van der Waals surface area contributed by atoms with E-state index in [1.54, 1.807) is 19.2 Å². The van der Waals surface area contributed by atoms with E-state index >= 15 is 0 Å². The smallest absolute Gasteiger partial charge is 0.194 e. The number of likely N-dealkylation sites (tertiary alicyclic amines) is 2. The molecule has 0 aromatic heterocycles. The minimum Gasteiger partial charge on any atom is -0.508 e. The van der Waals surface area contributed by atoms with Gasteiger partial charge >= 0.3 is 0 Å². The molecule has 2 saturated heterocycles. The molecule has 1 unspecified atom stereocenters. The zero-order chi connectivity index (χ0) is 18.4. The van der Waals surface area contributed by atoms with Crippen molar-refractivity contribution in [1.82, 2.24) is 15.1 Å². The molecule has 2 aliphatic rings. The van der Waals surface area contributed by atoms with Gasteiger partial charge in [-0.2, -0.15) is 0 Å². The van der Waals surface area contributed by atoms with Gasteiger partial charge in [-0.1, -0.05) is 0 Å². The topological polar surface area (TPSA) is 60.3 Å². The van der Waals surface area contributed by atoms with Crippen molar-refractivity contribution in [2.75, 3.05) is 46.4 Å². The van der Waals surface area contributed by atoms with Gasteiger partial charge in [0, 0.05) is 31.7 Å². The van der Waals surface area contributed by atoms with Gasteiger partial charge in [0.2, 0.25) is 0 Å². The van der Waals surface area contributed by atoms with Crippen LogP contribution in [0.5, 0.6) is 11.5 Å². The van der Waals surface area contributed by atoms with Gasteiger partial charge in [-0.05, 0) is 63.4 Å². The van der Waals surface area contributed by atoms with Gasteiger partial charge in [0.1, 0.15) is 11.5 Å². The minimum absolute atomic E-state index is 0.263. The first kappa shape index (κ1) is 18.8. The summed E-state index contributed by atoms with van der Waals surface area (Å²) in [6, 6.07) is 5.28. The molecule has 1 atom stereocenters. The number of ether oxygens (including phenoxy) is 1. The van der Waals surface area contributed by atoms with E-state index in [9.17, 15) is 5.11 Å². The van der Waals surface area contributed by atoms with Gasteiger partial charge in [-0.15, -0.1) is 0 Å². The molecular formula is C20H32N4O2. The highest BCUT2D eigenvalue weighted by molar-refractivity contribution is 5.80. The summed E-state index contributed by atoms with van der Waals surface area (Å²) in [5.41, 5.74) is 0.785. The van der Waals surface area contributed by atoms with Crippen LogP contribution in [0.1, 0.15) is 31.7 Å². The Labute approximate surface area is 156 Å². The Bertz CT molecular complexity index is 614. The van der Waals surface area contributed by atoms with Crippen LogP contribution in [0.2, 0.25) is 0 Å². The van der Waals surface area contributed by atoms with Crippen LogP contribution in [0, 0.1) is 5.92 Å². The largest absolute Gasteiger partial charge is 0.508 e. The molecule has 1 aromatic rings. The van der Waals surface area contributed by atoms with Crippen LogP contribution in [0.25, 0.3) is 0 Å². The predicted octanol–water partition coefficient (Wildman–Crippen LogP) is 2.28. The first-order valence-corrected chi connectivity index (χ1v) is 9.81. The SMILES string of the molecule is CCNC(=NCc1cc(OC)ccc1O)N1CCC(CN2CCCC2)C1. The highest BCUT2D eigenvalue weighted by Crippen LogP contribution is 2.24. The van der Waals surface area contributed by atoms with Gasteiger partial charge in [0.05, 0.1) is 13.7 Å². The number of guanidine groups is 1. The van der Waals surface area contributed by atoms with E-state index in [0.717, 1.165) is 42.8 Å². The molecule has 26 heavy (non-hydrogen) atoms. The Balaban J connectivity index is 1.62. The van der Waals surface area contributed by atoms with E-state index in [0.29, 0.717) is 6.54 Å². The molecule has 0 aliphatic carbocycles. The lowest BCUT2D eigenvalue weighted by Gasteiger charge is -2.23. The number of benzene rings is 1. The molecule has 2 fully saturated rings. The lowest BCUT2D eigenvalue weighted by molar-refractivity contribution is 0.281. The molecule has 0 spiro atoms. The van der Waals surface area contributed by atoms with Gasteiger partial charge in [0.25, 0.3) is 0 Å². The third-order valence-electron chi connectivity index (χ3n) is 5.32. The number of hydrogen-bond acceptors (Lipinski definition) is 4. The molecule has 0 saturated carbocycles. The highest BCUT2D eigenvalue weighted by Gasteiger charge is 2.27. The third-order valence-corrected chi connectivity index (χ3v) is 5.32. The Morgan fingerprint density at radius 2 is 2.12 bits per heavy atom. The molecule has 6 heteroatoms. The van der Waals surface area contributed by atoms with E-state index in [-0.39, 0.29) is 5.75 Å². The van der Waals surface area contributed by atoms with Crippen LogP contribution in [0.15, 0.2) is 23.2 Å². The Hall–Kier alpha value is -1.95. The number of nitrogens with zero attached hydrogens (tertiary/aromatic N) is 3. The maximum atomic E-state index is 10.1. The molecule has 2 aliphatic heterocycles. The molecule has 0 bridgehead atoms. The highest BCUT2D eigenvalue weighted by atomic mass is 16.5. The lowest BCUT2D eigenvalue weighted by atomic mass is 10.1. The molecule has 3 rings (SSSR count). The molecular weight excluding hydrogens is 328 g/mol. The second-order valence-corrected chi connectivity index (χ2v) is 7.27. The maximum Gasteiger partial charge on any atom is 0.194 e. The average molecular weight is 361 g/mol. The Morgan fingerprint density at radius 1 is 1.31 bits per heavy atom. The van der Waals surface area contributed by atoms with E-state index in [4.69, 9.17) is 9.73 Å². The van der Waals surface area contributed by atoms with Crippen molar-refractivity contribution in [2.24, 2.45) is 10.9 Å². The molecule has 2 N–H and O–H groups in total. The fraction of sp³-hybridized carbons (Fsp3) is 0.650. The number of phenolic OH excluding ortho intramolecular Hbond substituents is 1. The zero-order valence-electron chi connectivity index (χ0n) is 16.1. The van der Waals surface area contributed by atoms with Gasteiger partial charge in [-0.3, -0.25) is 0 Å². The molecule has 0 amide bonds. The molecule has 0 radical (unpaired) electrons. The standard InChI is InChI=1S/C20H32N4O2/c1-3-21-20(22-13-17-12-18(26-2)6-7-19(17)25)24-11-8-16(15-24)14-23-9-4-5-10-23/h6-7,12,16,25H,3-5,8-11,13-15H2,1-2H3,(H,21,22). The van der Waals surface area contributed by atoms with Crippen molar-refractivity contribution < 1.29 is 9.84 Å². The van der Waals surface area contributed by atoms with Gasteiger partial charge in [0.15, 0.2) is 5.96 Å². The lowest BCUT2D eigenvalue weighted by Crippen LogP contribution is -2.40. The number of hydrogen-bond donors (Lipinski definition) is 2. The Morgan fingerprint density at radius 3 is 2.85 bits per heavy atom. The average Bonchev–Trinajstić information content (AvgIpc) is 3.32. The summed E-state index contributed by atoms with van der Waals surface area (Å²) in [7, 11) is 1.63. The number of aromatic hydroxyl groups is 1. The quantitative estimate of drug-likeness (QED) is 0.602. The summed E-state index contributed by atoms with van der Waals surface area (Å²) in [4.78, 5) is 9.74. The van der Waals surface area contributed by atoms with Gasteiger partial charge < -0.3 is 25.0 Å². The van der Waals surface area contributed by atoms with Crippen molar-refractivity contribution in [1.29, 1.82) is 0 Å². The van der Waals surface area contributed by atoms with Gasteiger partial charge in [-0.25, -0.2) is 4.99 Å². The first-order chi connectivity index (χ1) is 12.7. The summed E-state index contributed by atoms with van der Waals surface area (Å²) >= 11 is 0. The third kappa shape index (κ3) is 4.81. The maximum absolute atomic E-state index is 10.1. The zero-order valence-corrected chi connectivity index (χ0v) is 16.1. The Kier molecular flexibility index (Phi) is 6.61. The predicted molar refractivity (Wildman–Crippen MR) is 105 cm³/mol. The first-order valence-electron chi connectivity index (χ1n) is 9.81. The number of phenols is 1. The summed E-state index contributed by atoms with van der Waals surface area (Å²) in [5, 5.41) is 13.5. The molecule has 144 valence electrons. The van der Waals surface area contributed by atoms with E-state index in [1.165, 1.54) is 38.9 Å². The van der Waals surface area contributed by atoms with Crippen molar-refractivity contribution in [3.63, 3.8) is 0 Å². The molecule has 6 nitrogen and oxygen atoms in total. The molecule has 1 aromatic carbocycles. The van der Waals surface area contributed by atoms with Crippen molar-refractivity contribution in [2.45, 2.75) is 32.7 Å². The van der Waals surface area contributed by atoms with E-state index in [1.807, 2.05) is 6.07 Å². The summed E-state index contributed by atoms with van der Waals surface area (Å²) in [5.74, 6) is 2.67. The number of methoxy groups -OCH3 is 1. The fourth-order valence-corrected chi connectivity index (χ4v) is 3.91. The van der Waals surface area contributed by atoms with Crippen LogP contribution in [0.3, 0.4) is 0 Å². The van der Waals surface area contributed by atoms with Crippen LogP contribution >= 0.6 is 0 Å². The summed E-state index contributed by atoms with van der Waals surface area (Å²) in [6.45, 7) is 9.23. The number of rotatable bonds is 6. The summed E-state index contributed by atoms with van der Waals surface area (Å²) in [6.07, 6.45) is 3.93. The second kappa shape index (κ2) is 9.12. The second-order valence-electron chi connectivity index (χ2n) is 7.27. The van der Waals surface area contributed by atoms with Crippen molar-refractivity contribution in [3.05, 3.63) is 23.8 Å². The fourth-order valence-electron chi connectivity index (χ4n) is 3.91.